The molecule has 0 radical (unpaired) electrons. The average Bonchev–Trinajstić information content (AvgIpc) is 2.95. The molecule has 0 fully saturated rings. The molecule has 7 nitrogen and oxygen atoms in total. The van der Waals surface area contributed by atoms with E-state index in [1.807, 2.05) is 31.2 Å². The Morgan fingerprint density at radius 3 is 3.00 bits per heavy atom. The summed E-state index contributed by atoms with van der Waals surface area (Å²) in [5, 5.41) is 4.95. The summed E-state index contributed by atoms with van der Waals surface area (Å²) in [5.41, 5.74) is 8.15. The fourth-order valence-corrected chi connectivity index (χ4v) is 4.02. The Balaban J connectivity index is 1.72. The fraction of sp³-hybridized carbons (Fsp3) is 0.294. The third-order valence-corrected chi connectivity index (χ3v) is 5.22. The highest BCUT2D eigenvalue weighted by molar-refractivity contribution is 7.16. The zero-order valence-corrected chi connectivity index (χ0v) is 14.5. The van der Waals surface area contributed by atoms with Gasteiger partial charge in [0.25, 0.3) is 5.56 Å². The van der Waals surface area contributed by atoms with Crippen LogP contribution in [0.3, 0.4) is 0 Å². The van der Waals surface area contributed by atoms with Crippen LogP contribution < -0.4 is 16.2 Å². The quantitative estimate of drug-likeness (QED) is 0.760. The highest BCUT2D eigenvalue weighted by Gasteiger charge is 2.28. The molecule has 1 atom stereocenters. The molecule has 4 rings (SSSR count). The maximum Gasteiger partial charge on any atom is 0.275 e. The normalized spacial score (nSPS) is 16.8. The Morgan fingerprint density at radius 1 is 1.40 bits per heavy atom. The number of nitrogens with two attached hydrogens (primary N) is 1. The number of fused-ring (bicyclic) bond motifs is 2. The number of nitrogens with zero attached hydrogens (tertiary/aromatic N) is 4. The van der Waals surface area contributed by atoms with Crippen LogP contribution >= 0.6 is 11.3 Å². The van der Waals surface area contributed by atoms with E-state index in [-0.39, 0.29) is 17.4 Å². The predicted molar refractivity (Wildman–Crippen MR) is 95.8 cm³/mol. The zero-order chi connectivity index (χ0) is 17.6. The molecule has 0 saturated heterocycles. The number of amides is 1. The third kappa shape index (κ3) is 2.89. The van der Waals surface area contributed by atoms with Crippen molar-refractivity contribution in [1.29, 1.82) is 0 Å². The van der Waals surface area contributed by atoms with Gasteiger partial charge in [-0.3, -0.25) is 9.59 Å². The molecule has 0 unspecified atom stereocenters. The van der Waals surface area contributed by atoms with Gasteiger partial charge in [0.05, 0.1) is 18.2 Å². The smallest absolute Gasteiger partial charge is 0.275 e. The number of para-hydroxylation sites is 1. The second-order valence-corrected chi connectivity index (χ2v) is 7.37. The van der Waals surface area contributed by atoms with Crippen LogP contribution in [0.5, 0.6) is 0 Å². The van der Waals surface area contributed by atoms with E-state index in [4.69, 9.17) is 5.73 Å². The fourth-order valence-electron chi connectivity index (χ4n) is 3.26. The Kier molecular flexibility index (Phi) is 3.76. The molecular weight excluding hydrogens is 338 g/mol. The molecule has 25 heavy (non-hydrogen) atoms. The van der Waals surface area contributed by atoms with Crippen molar-refractivity contribution in [1.82, 2.24) is 14.6 Å². The second-order valence-electron chi connectivity index (χ2n) is 6.21. The lowest BCUT2D eigenvalue weighted by Gasteiger charge is -2.34. The minimum Gasteiger partial charge on any atom is -0.369 e. The number of carbonyl (C=O) groups excluding carboxylic acids is 1. The van der Waals surface area contributed by atoms with Gasteiger partial charge in [0.2, 0.25) is 10.9 Å². The number of hydrogen-bond acceptors (Lipinski definition) is 6. The molecule has 0 aliphatic carbocycles. The third-order valence-electron chi connectivity index (χ3n) is 4.39. The molecule has 0 saturated carbocycles. The summed E-state index contributed by atoms with van der Waals surface area (Å²) < 4.78 is 1.32. The van der Waals surface area contributed by atoms with Crippen LogP contribution in [0, 0.1) is 12.8 Å². The zero-order valence-electron chi connectivity index (χ0n) is 13.7. The molecule has 8 heteroatoms. The lowest BCUT2D eigenvalue weighted by molar-refractivity contribution is -0.121. The van der Waals surface area contributed by atoms with E-state index >= 15 is 0 Å². The van der Waals surface area contributed by atoms with E-state index in [0.717, 1.165) is 16.3 Å². The summed E-state index contributed by atoms with van der Waals surface area (Å²) in [6.07, 6.45) is 0.644. The van der Waals surface area contributed by atoms with E-state index in [1.165, 1.54) is 21.9 Å². The van der Waals surface area contributed by atoms with Gasteiger partial charge < -0.3 is 10.6 Å². The number of anilines is 1. The Hall–Kier alpha value is -2.74. The topological polar surface area (TPSA) is 93.6 Å². The summed E-state index contributed by atoms with van der Waals surface area (Å²) in [4.78, 5) is 31.2. The van der Waals surface area contributed by atoms with E-state index in [1.54, 1.807) is 0 Å². The number of carbonyl (C=O) groups is 1. The van der Waals surface area contributed by atoms with Crippen molar-refractivity contribution in [2.45, 2.75) is 19.9 Å². The van der Waals surface area contributed by atoms with Crippen molar-refractivity contribution in [2.24, 2.45) is 11.7 Å². The van der Waals surface area contributed by atoms with E-state index in [9.17, 15) is 9.59 Å². The van der Waals surface area contributed by atoms with Gasteiger partial charge >= 0.3 is 0 Å². The number of aromatic nitrogens is 3. The molecule has 1 amide bonds. The van der Waals surface area contributed by atoms with Crippen molar-refractivity contribution in [2.75, 3.05) is 11.4 Å². The van der Waals surface area contributed by atoms with E-state index in [2.05, 4.69) is 15.0 Å². The highest BCUT2D eigenvalue weighted by Crippen LogP contribution is 2.30. The maximum absolute atomic E-state index is 12.2. The summed E-state index contributed by atoms with van der Waals surface area (Å²) in [6.45, 7) is 2.81. The van der Waals surface area contributed by atoms with Gasteiger partial charge in [-0.25, -0.2) is 4.98 Å². The summed E-state index contributed by atoms with van der Waals surface area (Å²) in [6, 6.07) is 9.46. The molecule has 1 aliphatic rings. The van der Waals surface area contributed by atoms with Gasteiger partial charge in [-0.1, -0.05) is 29.5 Å². The minimum atomic E-state index is -0.305. The first-order chi connectivity index (χ1) is 12.0. The monoisotopic (exact) mass is 355 g/mol. The van der Waals surface area contributed by atoms with Crippen molar-refractivity contribution < 1.29 is 4.79 Å². The molecule has 2 aromatic heterocycles. The van der Waals surface area contributed by atoms with Crippen molar-refractivity contribution in [3.63, 3.8) is 0 Å². The van der Waals surface area contributed by atoms with Crippen LogP contribution in [0.1, 0.15) is 16.3 Å². The van der Waals surface area contributed by atoms with Gasteiger partial charge in [-0.05, 0) is 25.0 Å². The standard InChI is InChI=1S/C17H17N5O2S/c1-10-20-22-15(23)7-13(19-17(22)25-10)9-21-8-12(16(18)24)6-11-4-2-3-5-14(11)21/h2-5,7,12H,6,8-9H2,1H3,(H2,18,24)/t12-/m0/s1. The molecule has 3 heterocycles. The number of rotatable bonds is 3. The first kappa shape index (κ1) is 15.8. The van der Waals surface area contributed by atoms with Gasteiger partial charge in [-0.15, -0.1) is 0 Å². The molecule has 0 spiro atoms. The predicted octanol–water partition coefficient (Wildman–Crippen LogP) is 1.12. The van der Waals surface area contributed by atoms with Crippen molar-refractivity contribution >= 4 is 27.9 Å². The first-order valence-corrected chi connectivity index (χ1v) is 8.81. The largest absolute Gasteiger partial charge is 0.369 e. The Labute approximate surface area is 147 Å². The second kappa shape index (κ2) is 5.96. The van der Waals surface area contributed by atoms with Crippen molar-refractivity contribution in [3.05, 3.63) is 57.0 Å². The van der Waals surface area contributed by atoms with Gasteiger partial charge in [0, 0.05) is 18.3 Å². The van der Waals surface area contributed by atoms with Gasteiger partial charge in [-0.2, -0.15) is 9.61 Å². The lowest BCUT2D eigenvalue weighted by Crippen LogP contribution is -2.41. The molecule has 3 aromatic rings. The van der Waals surface area contributed by atoms with Crippen LogP contribution in [-0.2, 0) is 17.8 Å². The van der Waals surface area contributed by atoms with Gasteiger partial charge in [0.1, 0.15) is 5.01 Å². The van der Waals surface area contributed by atoms with E-state index < -0.39 is 0 Å². The maximum atomic E-state index is 12.2. The van der Waals surface area contributed by atoms with Crippen LogP contribution in [0.25, 0.3) is 4.96 Å². The first-order valence-electron chi connectivity index (χ1n) is 8.00. The van der Waals surface area contributed by atoms with Gasteiger partial charge in [0.15, 0.2) is 0 Å². The Bertz CT molecular complexity index is 1030. The molecule has 0 bridgehead atoms. The summed E-state index contributed by atoms with van der Waals surface area (Å²) in [7, 11) is 0. The van der Waals surface area contributed by atoms with Crippen LogP contribution in [0.2, 0.25) is 0 Å². The van der Waals surface area contributed by atoms with Crippen molar-refractivity contribution in [3.8, 4) is 0 Å². The Morgan fingerprint density at radius 2 is 2.20 bits per heavy atom. The van der Waals surface area contributed by atoms with Crippen LogP contribution in [-0.4, -0.2) is 27.0 Å². The molecular formula is C17H17N5O2S. The average molecular weight is 355 g/mol. The summed E-state index contributed by atoms with van der Waals surface area (Å²) in [5.74, 6) is -0.550. The van der Waals surface area contributed by atoms with E-state index in [0.29, 0.717) is 30.2 Å². The summed E-state index contributed by atoms with van der Waals surface area (Å²) >= 11 is 1.38. The molecule has 1 aromatic carbocycles. The SMILES string of the molecule is Cc1nn2c(=O)cc(CN3C[C@@H](C(N)=O)Cc4ccccc43)nc2s1. The molecule has 128 valence electrons. The highest BCUT2D eigenvalue weighted by atomic mass is 32.1. The number of primary amides is 1. The number of hydrogen-bond donors (Lipinski definition) is 1. The van der Waals surface area contributed by atoms with Crippen LogP contribution in [0.15, 0.2) is 35.1 Å². The van der Waals surface area contributed by atoms with Crippen LogP contribution in [0.4, 0.5) is 5.69 Å². The molecule has 1 aliphatic heterocycles. The molecule has 2 N–H and O–H groups in total. The number of aryl methyl sites for hydroxylation is 1. The lowest BCUT2D eigenvalue weighted by atomic mass is 9.92. The minimum absolute atomic E-state index is 0.193. The number of benzene rings is 1.